The molecule has 1 aromatic heterocycles. The summed E-state index contributed by atoms with van der Waals surface area (Å²) in [7, 11) is 1.53. The standard InChI is InChI=1S/C24H34N2O3S/c1-6-7-13-28-21-15-18(2)22(19(3)16-21)12-10-8-9-11-14-29-24-25-23(17-30-24)20(4)26-27-5/h6-7,15-17H,8-14H2,1-5H3/b7-6+,26-20?. The number of unbranched alkanes of at least 4 members (excludes halogenated alkanes) is 3. The zero-order valence-electron chi connectivity index (χ0n) is 18.9. The van der Waals surface area contributed by atoms with Gasteiger partial charge >= 0.3 is 0 Å². The fourth-order valence-electron chi connectivity index (χ4n) is 3.26. The topological polar surface area (TPSA) is 52.9 Å². The third-order valence-corrected chi connectivity index (χ3v) is 5.63. The van der Waals surface area contributed by atoms with Crippen molar-refractivity contribution in [2.24, 2.45) is 5.16 Å². The van der Waals surface area contributed by atoms with Crippen LogP contribution in [-0.4, -0.2) is 31.0 Å². The molecule has 0 saturated carbocycles. The van der Waals surface area contributed by atoms with E-state index in [2.05, 4.69) is 36.1 Å². The van der Waals surface area contributed by atoms with Crippen LogP contribution in [0.15, 0.2) is 34.8 Å². The maximum Gasteiger partial charge on any atom is 0.273 e. The Balaban J connectivity index is 1.66. The summed E-state index contributed by atoms with van der Waals surface area (Å²) in [5.74, 6) is 0.957. The van der Waals surface area contributed by atoms with Gasteiger partial charge in [-0.25, -0.2) is 4.98 Å². The molecule has 0 radical (unpaired) electrons. The highest BCUT2D eigenvalue weighted by Gasteiger charge is 2.07. The lowest BCUT2D eigenvalue weighted by Crippen LogP contribution is -2.00. The van der Waals surface area contributed by atoms with Crippen molar-refractivity contribution < 1.29 is 14.3 Å². The second-order valence-corrected chi connectivity index (χ2v) is 8.11. The number of aryl methyl sites for hydroxylation is 2. The average molecular weight is 431 g/mol. The predicted molar refractivity (Wildman–Crippen MR) is 125 cm³/mol. The first-order chi connectivity index (χ1) is 14.5. The molecular weight excluding hydrogens is 396 g/mol. The van der Waals surface area contributed by atoms with Crippen LogP contribution in [0.3, 0.4) is 0 Å². The van der Waals surface area contributed by atoms with Gasteiger partial charge in [-0.1, -0.05) is 41.5 Å². The molecule has 0 fully saturated rings. The first-order valence-electron chi connectivity index (χ1n) is 10.6. The molecule has 0 aliphatic rings. The zero-order valence-corrected chi connectivity index (χ0v) is 19.7. The molecule has 0 bridgehead atoms. The van der Waals surface area contributed by atoms with Crippen molar-refractivity contribution in [3.05, 3.63) is 52.0 Å². The number of hydrogen-bond acceptors (Lipinski definition) is 6. The van der Waals surface area contributed by atoms with Gasteiger partial charge in [-0.2, -0.15) is 0 Å². The minimum Gasteiger partial charge on any atom is -0.490 e. The van der Waals surface area contributed by atoms with Crippen LogP contribution < -0.4 is 9.47 Å². The average Bonchev–Trinajstić information content (AvgIpc) is 3.18. The second kappa shape index (κ2) is 13.1. The molecule has 5 nitrogen and oxygen atoms in total. The zero-order chi connectivity index (χ0) is 21.8. The molecule has 6 heteroatoms. The molecular formula is C24H34N2O3S. The van der Waals surface area contributed by atoms with Crippen molar-refractivity contribution in [1.82, 2.24) is 4.98 Å². The largest absolute Gasteiger partial charge is 0.490 e. The lowest BCUT2D eigenvalue weighted by atomic mass is 9.97. The SMILES string of the molecule is C/C=C/COc1cc(C)c(CCCCCCOc2nc(C(C)=NOC)cs2)c(C)c1. The van der Waals surface area contributed by atoms with Crippen LogP contribution in [0.25, 0.3) is 0 Å². The summed E-state index contributed by atoms with van der Waals surface area (Å²) in [4.78, 5) is 9.20. The van der Waals surface area contributed by atoms with Crippen molar-refractivity contribution in [2.75, 3.05) is 20.3 Å². The Bertz CT molecular complexity index is 820. The van der Waals surface area contributed by atoms with Crippen molar-refractivity contribution in [3.63, 3.8) is 0 Å². The number of rotatable bonds is 13. The van der Waals surface area contributed by atoms with E-state index in [9.17, 15) is 0 Å². The first kappa shape index (κ1) is 23.9. The predicted octanol–water partition coefficient (Wildman–Crippen LogP) is 6.27. The van der Waals surface area contributed by atoms with E-state index in [1.54, 1.807) is 0 Å². The Kier molecular flexibility index (Phi) is 10.4. The molecule has 2 rings (SSSR count). The lowest BCUT2D eigenvalue weighted by Gasteiger charge is -2.13. The Morgan fingerprint density at radius 3 is 2.53 bits per heavy atom. The van der Waals surface area contributed by atoms with E-state index in [0.29, 0.717) is 18.4 Å². The first-order valence-corrected chi connectivity index (χ1v) is 11.4. The molecule has 0 unspecified atom stereocenters. The summed E-state index contributed by atoms with van der Waals surface area (Å²) >= 11 is 1.50. The number of benzene rings is 1. The summed E-state index contributed by atoms with van der Waals surface area (Å²) in [6.45, 7) is 9.56. The molecule has 1 heterocycles. The summed E-state index contributed by atoms with van der Waals surface area (Å²) in [5.41, 5.74) is 5.65. The second-order valence-electron chi connectivity index (χ2n) is 7.29. The van der Waals surface area contributed by atoms with Crippen LogP contribution in [0.1, 0.15) is 61.9 Å². The quantitative estimate of drug-likeness (QED) is 0.163. The van der Waals surface area contributed by atoms with E-state index in [1.165, 1.54) is 48.0 Å². The van der Waals surface area contributed by atoms with Gasteiger partial charge in [0.2, 0.25) is 0 Å². The van der Waals surface area contributed by atoms with E-state index in [0.717, 1.165) is 36.4 Å². The molecule has 0 spiro atoms. The maximum absolute atomic E-state index is 5.78. The van der Waals surface area contributed by atoms with E-state index in [-0.39, 0.29) is 0 Å². The lowest BCUT2D eigenvalue weighted by molar-refractivity contribution is 0.213. The highest BCUT2D eigenvalue weighted by molar-refractivity contribution is 7.11. The van der Waals surface area contributed by atoms with Crippen molar-refractivity contribution in [3.8, 4) is 10.9 Å². The van der Waals surface area contributed by atoms with Gasteiger partial charge in [-0.15, -0.1) is 0 Å². The van der Waals surface area contributed by atoms with Gasteiger partial charge in [0.1, 0.15) is 30.9 Å². The molecule has 0 aliphatic carbocycles. The van der Waals surface area contributed by atoms with Gasteiger partial charge in [0.25, 0.3) is 5.19 Å². The van der Waals surface area contributed by atoms with Gasteiger partial charge in [0, 0.05) is 5.38 Å². The van der Waals surface area contributed by atoms with Gasteiger partial charge in [0.05, 0.1) is 6.61 Å². The minimum absolute atomic E-state index is 0.624. The molecule has 164 valence electrons. The number of oxime groups is 1. The number of aromatic nitrogens is 1. The summed E-state index contributed by atoms with van der Waals surface area (Å²) < 4.78 is 11.5. The number of hydrogen-bond donors (Lipinski definition) is 0. The molecule has 0 amide bonds. The van der Waals surface area contributed by atoms with Crippen molar-refractivity contribution in [2.45, 2.75) is 59.8 Å². The van der Waals surface area contributed by atoms with E-state index >= 15 is 0 Å². The molecule has 0 N–H and O–H groups in total. The van der Waals surface area contributed by atoms with Gasteiger partial charge in [-0.05, 0) is 75.8 Å². The fourth-order valence-corrected chi connectivity index (χ4v) is 4.00. The number of thiazole rings is 1. The number of ether oxygens (including phenoxy) is 2. The van der Waals surface area contributed by atoms with Gasteiger partial charge in [0.15, 0.2) is 0 Å². The summed E-state index contributed by atoms with van der Waals surface area (Å²) in [5, 5.41) is 6.52. The van der Waals surface area contributed by atoms with Crippen LogP contribution in [0.5, 0.6) is 10.9 Å². The highest BCUT2D eigenvalue weighted by Crippen LogP contribution is 2.24. The number of allylic oxidation sites excluding steroid dienone is 1. The third-order valence-electron chi connectivity index (χ3n) is 4.88. The molecule has 0 atom stereocenters. The maximum atomic E-state index is 5.78. The van der Waals surface area contributed by atoms with Crippen LogP contribution in [0.4, 0.5) is 0 Å². The summed E-state index contributed by atoms with van der Waals surface area (Å²) in [6.07, 6.45) is 9.72. The van der Waals surface area contributed by atoms with E-state index < -0.39 is 0 Å². The van der Waals surface area contributed by atoms with Crippen molar-refractivity contribution in [1.29, 1.82) is 0 Å². The van der Waals surface area contributed by atoms with Gasteiger partial charge in [-0.3, -0.25) is 0 Å². The van der Waals surface area contributed by atoms with Gasteiger partial charge < -0.3 is 14.3 Å². The smallest absolute Gasteiger partial charge is 0.273 e. The van der Waals surface area contributed by atoms with Crippen LogP contribution in [-0.2, 0) is 11.3 Å². The Morgan fingerprint density at radius 1 is 1.10 bits per heavy atom. The van der Waals surface area contributed by atoms with E-state index in [1.807, 2.05) is 31.4 Å². The highest BCUT2D eigenvalue weighted by atomic mass is 32.1. The van der Waals surface area contributed by atoms with Crippen molar-refractivity contribution >= 4 is 17.0 Å². The Morgan fingerprint density at radius 2 is 1.83 bits per heavy atom. The molecule has 0 saturated heterocycles. The molecule has 2 aromatic rings. The minimum atomic E-state index is 0.624. The number of nitrogens with zero attached hydrogens (tertiary/aromatic N) is 2. The van der Waals surface area contributed by atoms with E-state index in [4.69, 9.17) is 14.3 Å². The van der Waals surface area contributed by atoms with Crippen LogP contribution in [0.2, 0.25) is 0 Å². The van der Waals surface area contributed by atoms with Crippen LogP contribution >= 0.6 is 11.3 Å². The Labute approximate surface area is 184 Å². The third kappa shape index (κ3) is 7.82. The molecule has 30 heavy (non-hydrogen) atoms. The van der Waals surface area contributed by atoms with Crippen LogP contribution in [0, 0.1) is 13.8 Å². The molecule has 0 aliphatic heterocycles. The monoisotopic (exact) mass is 430 g/mol. The molecule has 1 aromatic carbocycles. The fraction of sp³-hybridized carbons (Fsp3) is 0.500. The Hall–Kier alpha value is -2.34. The normalized spacial score (nSPS) is 11.8. The summed E-state index contributed by atoms with van der Waals surface area (Å²) in [6, 6.07) is 4.31.